The van der Waals surface area contributed by atoms with Crippen molar-refractivity contribution in [2.24, 2.45) is 17.6 Å². The molecule has 0 fully saturated rings. The van der Waals surface area contributed by atoms with E-state index >= 15 is 0 Å². The van der Waals surface area contributed by atoms with Gasteiger partial charge in [0.05, 0.1) is 11.9 Å². The number of hydrogen-bond donors (Lipinski definition) is 1. The maximum Gasteiger partial charge on any atom is 0.138 e. The normalized spacial score (nSPS) is 15.1. The van der Waals surface area contributed by atoms with E-state index in [1.165, 1.54) is 39.0 Å². The van der Waals surface area contributed by atoms with Crippen LogP contribution in [0.1, 0.15) is 91.4 Å². The number of carboxylic acid groups (broad SMARTS) is 1. The van der Waals surface area contributed by atoms with Crippen LogP contribution >= 0.6 is 0 Å². The molecule has 0 aliphatic carbocycles. The summed E-state index contributed by atoms with van der Waals surface area (Å²) < 4.78 is 0. The molecular formula is C19H36NO3-. The lowest BCUT2D eigenvalue weighted by Gasteiger charge is -2.20. The van der Waals surface area contributed by atoms with Gasteiger partial charge in [0.1, 0.15) is 5.78 Å². The van der Waals surface area contributed by atoms with E-state index in [0.29, 0.717) is 18.4 Å². The van der Waals surface area contributed by atoms with Gasteiger partial charge < -0.3 is 15.6 Å². The second-order valence-corrected chi connectivity index (χ2v) is 7.04. The number of hydrogen-bond acceptors (Lipinski definition) is 4. The zero-order chi connectivity index (χ0) is 17.7. The molecule has 0 aromatic carbocycles. The fraction of sp³-hybridized carbons (Fsp3) is 0.895. The molecule has 0 aromatic rings. The fourth-order valence-corrected chi connectivity index (χ4v) is 3.16. The van der Waals surface area contributed by atoms with Crippen molar-refractivity contribution in [1.29, 1.82) is 0 Å². The van der Waals surface area contributed by atoms with Crippen molar-refractivity contribution < 1.29 is 14.7 Å². The first-order chi connectivity index (χ1) is 10.9. The largest absolute Gasteiger partial charge is 0.549 e. The van der Waals surface area contributed by atoms with Crippen molar-refractivity contribution >= 4 is 11.8 Å². The van der Waals surface area contributed by atoms with Gasteiger partial charge in [0, 0.05) is 6.04 Å². The van der Waals surface area contributed by atoms with Crippen molar-refractivity contribution in [3.05, 3.63) is 0 Å². The Kier molecular flexibility index (Phi) is 13.0. The third-order valence-electron chi connectivity index (χ3n) is 4.61. The number of ketones is 1. The van der Waals surface area contributed by atoms with Crippen LogP contribution < -0.4 is 10.8 Å². The van der Waals surface area contributed by atoms with Gasteiger partial charge >= 0.3 is 0 Å². The molecule has 0 aliphatic rings. The van der Waals surface area contributed by atoms with Crippen LogP contribution in [0, 0.1) is 11.8 Å². The summed E-state index contributed by atoms with van der Waals surface area (Å²) in [7, 11) is 0. The van der Waals surface area contributed by atoms with Gasteiger partial charge in [0.15, 0.2) is 0 Å². The Balaban J connectivity index is 3.93. The molecule has 3 unspecified atom stereocenters. The van der Waals surface area contributed by atoms with Crippen LogP contribution in [-0.4, -0.2) is 17.8 Å². The van der Waals surface area contributed by atoms with Crippen molar-refractivity contribution in [3.63, 3.8) is 0 Å². The number of carboxylic acids is 1. The summed E-state index contributed by atoms with van der Waals surface area (Å²) in [6.07, 6.45) is 11.8. The number of Topliss-reactive ketones (excluding diaryl/α,β-unsaturated/α-hetero) is 1. The molecule has 0 amide bonds. The lowest BCUT2D eigenvalue weighted by molar-refractivity contribution is -0.310. The van der Waals surface area contributed by atoms with E-state index in [4.69, 9.17) is 5.73 Å². The zero-order valence-corrected chi connectivity index (χ0v) is 15.3. The predicted molar refractivity (Wildman–Crippen MR) is 92.8 cm³/mol. The van der Waals surface area contributed by atoms with Crippen LogP contribution in [0.2, 0.25) is 0 Å². The monoisotopic (exact) mass is 326 g/mol. The van der Waals surface area contributed by atoms with E-state index in [-0.39, 0.29) is 5.78 Å². The number of unbranched alkanes of at least 4 members (excludes halogenated alkanes) is 4. The molecule has 0 rings (SSSR count). The molecule has 23 heavy (non-hydrogen) atoms. The molecule has 0 radical (unpaired) electrons. The molecular weight excluding hydrogens is 290 g/mol. The van der Waals surface area contributed by atoms with Crippen LogP contribution in [0.15, 0.2) is 0 Å². The highest BCUT2D eigenvalue weighted by atomic mass is 16.4. The quantitative estimate of drug-likeness (QED) is 0.370. The van der Waals surface area contributed by atoms with Gasteiger partial charge in [-0.25, -0.2) is 0 Å². The average molecular weight is 327 g/mol. The van der Waals surface area contributed by atoms with Gasteiger partial charge in [-0.1, -0.05) is 58.3 Å². The molecule has 0 spiro atoms. The summed E-state index contributed by atoms with van der Waals surface area (Å²) in [4.78, 5) is 22.3. The standard InChI is InChI=1S/C19H37NO3/c1-4-10-17(13-14-18(16(3)21)19(22)23)12-9-7-5-6-8-11-15(2)20/h15,17-18H,4-14,20H2,1-3H3,(H,22,23)/p-1. The Morgan fingerprint density at radius 3 is 1.96 bits per heavy atom. The van der Waals surface area contributed by atoms with E-state index < -0.39 is 11.9 Å². The van der Waals surface area contributed by atoms with E-state index in [1.807, 2.05) is 0 Å². The first-order valence-electron chi connectivity index (χ1n) is 9.35. The number of rotatable bonds is 15. The fourth-order valence-electron chi connectivity index (χ4n) is 3.16. The van der Waals surface area contributed by atoms with Crippen LogP contribution in [0.25, 0.3) is 0 Å². The highest BCUT2D eigenvalue weighted by Crippen LogP contribution is 2.24. The van der Waals surface area contributed by atoms with E-state index in [1.54, 1.807) is 0 Å². The number of carbonyl (C=O) groups excluding carboxylic acids is 2. The van der Waals surface area contributed by atoms with Crippen molar-refractivity contribution in [3.8, 4) is 0 Å². The van der Waals surface area contributed by atoms with Crippen molar-refractivity contribution in [1.82, 2.24) is 0 Å². The zero-order valence-electron chi connectivity index (χ0n) is 15.3. The van der Waals surface area contributed by atoms with Gasteiger partial charge in [0.2, 0.25) is 0 Å². The molecule has 136 valence electrons. The number of aliphatic carboxylic acids is 1. The van der Waals surface area contributed by atoms with Crippen LogP contribution in [-0.2, 0) is 9.59 Å². The summed E-state index contributed by atoms with van der Waals surface area (Å²) in [6, 6.07) is 0.307. The molecule has 4 heteroatoms. The minimum atomic E-state index is -1.22. The minimum Gasteiger partial charge on any atom is -0.549 e. The van der Waals surface area contributed by atoms with Gasteiger partial charge in [-0.05, 0) is 39.0 Å². The van der Waals surface area contributed by atoms with E-state index in [2.05, 4.69) is 13.8 Å². The lowest BCUT2D eigenvalue weighted by atomic mass is 9.87. The molecule has 0 aliphatic heterocycles. The summed E-state index contributed by atoms with van der Waals surface area (Å²) in [6.45, 7) is 5.55. The second-order valence-electron chi connectivity index (χ2n) is 7.04. The molecule has 0 bridgehead atoms. The van der Waals surface area contributed by atoms with Crippen LogP contribution in [0.3, 0.4) is 0 Å². The molecule has 0 saturated carbocycles. The lowest BCUT2D eigenvalue weighted by Crippen LogP contribution is -2.35. The maximum atomic E-state index is 11.3. The van der Waals surface area contributed by atoms with Gasteiger partial charge in [-0.3, -0.25) is 4.79 Å². The predicted octanol–water partition coefficient (Wildman–Crippen LogP) is 3.22. The van der Waals surface area contributed by atoms with Crippen molar-refractivity contribution in [2.75, 3.05) is 0 Å². The Hall–Kier alpha value is -0.900. The summed E-state index contributed by atoms with van der Waals surface area (Å²) in [5.41, 5.74) is 5.74. The molecule has 0 aromatic heterocycles. The smallest absolute Gasteiger partial charge is 0.138 e. The Morgan fingerprint density at radius 2 is 1.48 bits per heavy atom. The van der Waals surface area contributed by atoms with Crippen LogP contribution in [0.4, 0.5) is 0 Å². The van der Waals surface area contributed by atoms with E-state index in [0.717, 1.165) is 32.1 Å². The molecule has 0 heterocycles. The highest BCUT2D eigenvalue weighted by Gasteiger charge is 2.18. The van der Waals surface area contributed by atoms with E-state index in [9.17, 15) is 14.7 Å². The SMILES string of the molecule is CCCC(CCCCCCCC(C)N)CCC(C(C)=O)C(=O)[O-]. The summed E-state index contributed by atoms with van der Waals surface area (Å²) in [5, 5.41) is 11.0. The molecule has 4 nitrogen and oxygen atoms in total. The van der Waals surface area contributed by atoms with Gasteiger partial charge in [0.25, 0.3) is 0 Å². The highest BCUT2D eigenvalue weighted by molar-refractivity contribution is 5.95. The third-order valence-corrected chi connectivity index (χ3v) is 4.61. The Labute approximate surface area is 142 Å². The van der Waals surface area contributed by atoms with Gasteiger partial charge in [-0.15, -0.1) is 0 Å². The number of nitrogens with two attached hydrogens (primary N) is 1. The molecule has 0 saturated heterocycles. The van der Waals surface area contributed by atoms with Gasteiger partial charge in [-0.2, -0.15) is 0 Å². The Bertz CT molecular complexity index is 315. The first-order valence-corrected chi connectivity index (χ1v) is 9.35. The first kappa shape index (κ1) is 22.1. The van der Waals surface area contributed by atoms with Crippen molar-refractivity contribution in [2.45, 2.75) is 97.4 Å². The third kappa shape index (κ3) is 12.2. The average Bonchev–Trinajstić information content (AvgIpc) is 2.45. The molecule has 3 atom stereocenters. The summed E-state index contributed by atoms with van der Waals surface area (Å²) in [5.74, 6) is -1.89. The topological polar surface area (TPSA) is 83.2 Å². The van der Waals surface area contributed by atoms with Crippen LogP contribution in [0.5, 0.6) is 0 Å². The minimum absolute atomic E-state index is 0.283. The summed E-state index contributed by atoms with van der Waals surface area (Å²) >= 11 is 0. The maximum absolute atomic E-state index is 11.3. The number of carbonyl (C=O) groups is 2. The second kappa shape index (κ2) is 13.5. The Morgan fingerprint density at radius 1 is 0.913 bits per heavy atom. The molecule has 2 N–H and O–H groups in total.